The summed E-state index contributed by atoms with van der Waals surface area (Å²) in [7, 11) is 1.59. The molecule has 1 unspecified atom stereocenters. The van der Waals surface area contributed by atoms with Gasteiger partial charge in [0.15, 0.2) is 0 Å². The Morgan fingerprint density at radius 2 is 1.88 bits per heavy atom. The number of hydrogen-bond acceptors (Lipinski definition) is 5. The van der Waals surface area contributed by atoms with Crippen LogP contribution in [0.4, 0.5) is 5.95 Å². The number of methoxy groups -OCH3 is 1. The lowest BCUT2D eigenvalue weighted by Gasteiger charge is -2.35. The van der Waals surface area contributed by atoms with Crippen molar-refractivity contribution in [1.29, 1.82) is 0 Å². The molecular weight excluding hydrogens is 316 g/mol. The molecule has 1 aliphatic rings. The van der Waals surface area contributed by atoms with E-state index >= 15 is 0 Å². The van der Waals surface area contributed by atoms with Gasteiger partial charge in [0.25, 0.3) is 0 Å². The first-order valence-electron chi connectivity index (χ1n) is 8.62. The maximum absolute atomic E-state index is 12.6. The smallest absolute Gasteiger partial charge is 0.228 e. The summed E-state index contributed by atoms with van der Waals surface area (Å²) >= 11 is 0. The lowest BCUT2D eigenvalue weighted by molar-refractivity contribution is -0.131. The molecule has 6 heteroatoms. The lowest BCUT2D eigenvalue weighted by atomic mass is 9.97. The summed E-state index contributed by atoms with van der Waals surface area (Å²) in [5, 5.41) is 0. The largest absolute Gasteiger partial charge is 0.481 e. The van der Waals surface area contributed by atoms with Gasteiger partial charge in [-0.15, -0.1) is 0 Å². The maximum Gasteiger partial charge on any atom is 0.228 e. The van der Waals surface area contributed by atoms with Crippen LogP contribution in [0.3, 0.4) is 0 Å². The normalized spacial score (nSPS) is 15.8. The van der Waals surface area contributed by atoms with Gasteiger partial charge in [-0.05, 0) is 11.5 Å². The van der Waals surface area contributed by atoms with Crippen LogP contribution >= 0.6 is 0 Å². The van der Waals surface area contributed by atoms with Crippen molar-refractivity contribution in [3.05, 3.63) is 48.2 Å². The molecule has 1 aromatic heterocycles. The van der Waals surface area contributed by atoms with Crippen LogP contribution in [0.5, 0.6) is 5.88 Å². The van der Waals surface area contributed by atoms with Crippen LogP contribution in [0.1, 0.15) is 24.8 Å². The van der Waals surface area contributed by atoms with Gasteiger partial charge < -0.3 is 14.5 Å². The predicted octanol–water partition coefficient (Wildman–Crippen LogP) is 2.33. The molecule has 1 aliphatic heterocycles. The summed E-state index contributed by atoms with van der Waals surface area (Å²) in [6.45, 7) is 4.96. The van der Waals surface area contributed by atoms with Crippen LogP contribution in [-0.4, -0.2) is 54.1 Å². The molecule has 0 spiro atoms. The lowest BCUT2D eigenvalue weighted by Crippen LogP contribution is -2.49. The minimum absolute atomic E-state index is 0.211. The third-order valence-electron chi connectivity index (χ3n) is 4.59. The number of ether oxygens (including phenoxy) is 1. The molecule has 132 valence electrons. The van der Waals surface area contributed by atoms with Gasteiger partial charge >= 0.3 is 0 Å². The van der Waals surface area contributed by atoms with E-state index in [1.165, 1.54) is 5.56 Å². The monoisotopic (exact) mass is 340 g/mol. The highest BCUT2D eigenvalue weighted by molar-refractivity contribution is 5.77. The van der Waals surface area contributed by atoms with Gasteiger partial charge in [-0.3, -0.25) is 4.79 Å². The molecule has 2 heterocycles. The molecule has 1 saturated heterocycles. The van der Waals surface area contributed by atoms with Crippen molar-refractivity contribution in [1.82, 2.24) is 14.9 Å². The summed E-state index contributed by atoms with van der Waals surface area (Å²) in [6, 6.07) is 11.9. The fourth-order valence-electron chi connectivity index (χ4n) is 3.04. The molecule has 1 fully saturated rings. The summed E-state index contributed by atoms with van der Waals surface area (Å²) < 4.78 is 5.15. The van der Waals surface area contributed by atoms with Gasteiger partial charge in [0.1, 0.15) is 0 Å². The number of piperazine rings is 1. The number of carbonyl (C=O) groups excluding carboxylic acids is 1. The Hall–Kier alpha value is -2.63. The highest BCUT2D eigenvalue weighted by Crippen LogP contribution is 2.21. The summed E-state index contributed by atoms with van der Waals surface area (Å²) in [5.41, 5.74) is 1.21. The highest BCUT2D eigenvalue weighted by atomic mass is 16.5. The minimum atomic E-state index is 0.211. The third-order valence-corrected chi connectivity index (χ3v) is 4.59. The van der Waals surface area contributed by atoms with Crippen molar-refractivity contribution in [3.63, 3.8) is 0 Å². The van der Waals surface area contributed by atoms with Crippen LogP contribution in [0.15, 0.2) is 42.6 Å². The van der Waals surface area contributed by atoms with E-state index < -0.39 is 0 Å². The van der Waals surface area contributed by atoms with E-state index in [4.69, 9.17) is 4.74 Å². The second-order valence-electron chi connectivity index (χ2n) is 6.28. The zero-order chi connectivity index (χ0) is 17.6. The Kier molecular flexibility index (Phi) is 5.48. The molecule has 3 rings (SSSR count). The zero-order valence-corrected chi connectivity index (χ0v) is 14.8. The number of anilines is 1. The van der Waals surface area contributed by atoms with Crippen molar-refractivity contribution < 1.29 is 9.53 Å². The molecular formula is C19H24N4O2. The molecule has 0 saturated carbocycles. The maximum atomic E-state index is 12.6. The van der Waals surface area contributed by atoms with E-state index in [1.807, 2.05) is 23.1 Å². The second kappa shape index (κ2) is 7.96. The summed E-state index contributed by atoms with van der Waals surface area (Å²) in [6.07, 6.45) is 2.24. The first-order chi connectivity index (χ1) is 12.2. The van der Waals surface area contributed by atoms with E-state index in [0.29, 0.717) is 31.3 Å². The topological polar surface area (TPSA) is 58.6 Å². The van der Waals surface area contributed by atoms with Crippen LogP contribution in [0.2, 0.25) is 0 Å². The Balaban J connectivity index is 1.54. The molecule has 1 aromatic carbocycles. The molecule has 6 nitrogen and oxygen atoms in total. The van der Waals surface area contributed by atoms with Crippen LogP contribution in [0, 0.1) is 0 Å². The number of nitrogens with zero attached hydrogens (tertiary/aromatic N) is 4. The van der Waals surface area contributed by atoms with Crippen molar-refractivity contribution in [3.8, 4) is 5.88 Å². The van der Waals surface area contributed by atoms with E-state index in [-0.39, 0.29) is 11.8 Å². The average molecular weight is 340 g/mol. The van der Waals surface area contributed by atoms with Gasteiger partial charge in [0.05, 0.1) is 7.11 Å². The fourth-order valence-corrected chi connectivity index (χ4v) is 3.04. The van der Waals surface area contributed by atoms with Gasteiger partial charge in [-0.1, -0.05) is 37.3 Å². The van der Waals surface area contributed by atoms with E-state index in [2.05, 4.69) is 33.9 Å². The van der Waals surface area contributed by atoms with Gasteiger partial charge in [-0.2, -0.15) is 4.98 Å². The predicted molar refractivity (Wildman–Crippen MR) is 96.9 cm³/mol. The van der Waals surface area contributed by atoms with Crippen LogP contribution < -0.4 is 9.64 Å². The van der Waals surface area contributed by atoms with E-state index in [0.717, 1.165) is 13.1 Å². The van der Waals surface area contributed by atoms with Gasteiger partial charge in [0.2, 0.25) is 17.7 Å². The molecule has 0 aliphatic carbocycles. The first kappa shape index (κ1) is 17.2. The zero-order valence-electron chi connectivity index (χ0n) is 14.8. The van der Waals surface area contributed by atoms with E-state index in [1.54, 1.807) is 19.4 Å². The molecule has 0 radical (unpaired) electrons. The standard InChI is InChI=1S/C19H24N4O2/c1-15(16-6-4-3-5-7-16)14-18(24)22-10-12-23(13-11-22)19-20-9-8-17(21-19)25-2/h3-9,15H,10-14H2,1-2H3. The van der Waals surface area contributed by atoms with Crippen molar-refractivity contribution in [2.24, 2.45) is 0 Å². The molecule has 2 aromatic rings. The number of amides is 1. The summed E-state index contributed by atoms with van der Waals surface area (Å²) in [4.78, 5) is 25.3. The number of carbonyl (C=O) groups is 1. The van der Waals surface area contributed by atoms with Crippen LogP contribution in [0.25, 0.3) is 0 Å². The molecule has 0 bridgehead atoms. The Bertz CT molecular complexity index is 700. The van der Waals surface area contributed by atoms with Crippen LogP contribution in [-0.2, 0) is 4.79 Å². The first-order valence-corrected chi connectivity index (χ1v) is 8.62. The molecule has 0 N–H and O–H groups in total. The van der Waals surface area contributed by atoms with Gasteiger partial charge in [-0.25, -0.2) is 4.98 Å². The number of aromatic nitrogens is 2. The molecule has 1 amide bonds. The number of benzene rings is 1. The number of hydrogen-bond donors (Lipinski definition) is 0. The Labute approximate surface area is 148 Å². The Morgan fingerprint density at radius 3 is 2.56 bits per heavy atom. The van der Waals surface area contributed by atoms with Crippen molar-refractivity contribution >= 4 is 11.9 Å². The molecule has 25 heavy (non-hydrogen) atoms. The van der Waals surface area contributed by atoms with Gasteiger partial charge in [0, 0.05) is 44.9 Å². The summed E-state index contributed by atoms with van der Waals surface area (Å²) in [5.74, 6) is 1.65. The SMILES string of the molecule is COc1ccnc(N2CCN(C(=O)CC(C)c3ccccc3)CC2)n1. The third kappa shape index (κ3) is 4.26. The Morgan fingerprint density at radius 1 is 1.16 bits per heavy atom. The van der Waals surface area contributed by atoms with E-state index in [9.17, 15) is 4.79 Å². The second-order valence-corrected chi connectivity index (χ2v) is 6.28. The van der Waals surface area contributed by atoms with Crippen molar-refractivity contribution in [2.75, 3.05) is 38.2 Å². The van der Waals surface area contributed by atoms with Crippen molar-refractivity contribution in [2.45, 2.75) is 19.3 Å². The minimum Gasteiger partial charge on any atom is -0.481 e. The molecule has 1 atom stereocenters. The highest BCUT2D eigenvalue weighted by Gasteiger charge is 2.24. The number of rotatable bonds is 5. The average Bonchev–Trinajstić information content (AvgIpc) is 2.68. The quantitative estimate of drug-likeness (QED) is 0.836. The fraction of sp³-hybridized carbons (Fsp3) is 0.421.